The van der Waals surface area contributed by atoms with Gasteiger partial charge in [0, 0.05) is 46.4 Å². The number of ether oxygens (including phenoxy) is 3. The average Bonchev–Trinajstić information content (AvgIpc) is 3.12. The molecule has 4 rings (SSSR count). The lowest BCUT2D eigenvalue weighted by atomic mass is 10.1. The summed E-state index contributed by atoms with van der Waals surface area (Å²) in [4.78, 5) is 30.5. The summed E-state index contributed by atoms with van der Waals surface area (Å²) in [7, 11) is 1.54. The third kappa shape index (κ3) is 4.62. The highest BCUT2D eigenvalue weighted by Gasteiger charge is 2.34. The van der Waals surface area contributed by atoms with Crippen LogP contribution in [0.4, 0.5) is 0 Å². The van der Waals surface area contributed by atoms with Gasteiger partial charge in [0.25, 0.3) is 0 Å². The van der Waals surface area contributed by atoms with E-state index in [1.807, 2.05) is 28.0 Å². The zero-order chi connectivity index (χ0) is 20.2. The van der Waals surface area contributed by atoms with Gasteiger partial charge >= 0.3 is 0 Å². The smallest absolute Gasteiger partial charge is 0.248 e. The number of fused-ring (bicyclic) bond motifs is 1. The van der Waals surface area contributed by atoms with Crippen LogP contribution in [0.1, 0.15) is 10.9 Å². The summed E-state index contributed by atoms with van der Waals surface area (Å²) in [5.41, 5.74) is 1.07. The van der Waals surface area contributed by atoms with Crippen LogP contribution in [0.5, 0.6) is 11.5 Å². The van der Waals surface area contributed by atoms with E-state index in [0.29, 0.717) is 38.6 Å². The van der Waals surface area contributed by atoms with E-state index >= 15 is 0 Å². The highest BCUT2D eigenvalue weighted by atomic mass is 32.2. The molecule has 0 radical (unpaired) electrons. The second-order valence-electron chi connectivity index (χ2n) is 7.31. The number of amides is 2. The number of hydrogen-bond donors (Lipinski definition) is 0. The van der Waals surface area contributed by atoms with Gasteiger partial charge in [0.1, 0.15) is 25.2 Å². The van der Waals surface area contributed by atoms with Crippen molar-refractivity contribution in [1.29, 1.82) is 0 Å². The molecule has 0 saturated carbocycles. The van der Waals surface area contributed by atoms with E-state index in [2.05, 4.69) is 4.90 Å². The van der Waals surface area contributed by atoms with Crippen molar-refractivity contribution in [3.63, 3.8) is 0 Å². The molecule has 158 valence electrons. The second kappa shape index (κ2) is 9.23. The lowest BCUT2D eigenvalue weighted by Crippen LogP contribution is -2.51. The molecule has 2 amide bonds. The number of rotatable bonds is 6. The predicted molar refractivity (Wildman–Crippen MR) is 109 cm³/mol. The average molecular weight is 422 g/mol. The Hall–Kier alpha value is -1.97. The summed E-state index contributed by atoms with van der Waals surface area (Å²) in [6, 6.07) is 5.95. The Labute approximate surface area is 175 Å². The molecule has 0 spiro atoms. The molecule has 2 saturated heterocycles. The first-order valence-electron chi connectivity index (χ1n) is 9.95. The van der Waals surface area contributed by atoms with Crippen LogP contribution in [0.25, 0.3) is 0 Å². The molecule has 0 bridgehead atoms. The largest absolute Gasteiger partial charge is 0.486 e. The van der Waals surface area contributed by atoms with E-state index in [1.54, 1.807) is 11.8 Å². The van der Waals surface area contributed by atoms with Crippen LogP contribution in [0.15, 0.2) is 18.2 Å². The molecule has 0 unspecified atom stereocenters. The van der Waals surface area contributed by atoms with E-state index in [4.69, 9.17) is 14.2 Å². The highest BCUT2D eigenvalue weighted by Crippen LogP contribution is 2.42. The van der Waals surface area contributed by atoms with Crippen LogP contribution in [-0.4, -0.2) is 98.5 Å². The second-order valence-corrected chi connectivity index (χ2v) is 8.38. The third-order valence-electron chi connectivity index (χ3n) is 5.47. The predicted octanol–water partition coefficient (Wildman–Crippen LogP) is 0.822. The number of nitrogens with zero attached hydrogens (tertiary/aromatic N) is 3. The van der Waals surface area contributed by atoms with Gasteiger partial charge in [0.05, 0.1) is 5.75 Å². The fourth-order valence-corrected chi connectivity index (χ4v) is 5.08. The van der Waals surface area contributed by atoms with E-state index in [9.17, 15) is 9.59 Å². The van der Waals surface area contributed by atoms with Gasteiger partial charge < -0.3 is 24.0 Å². The Kier molecular flexibility index (Phi) is 6.46. The minimum absolute atomic E-state index is 0.00268. The zero-order valence-electron chi connectivity index (χ0n) is 16.7. The zero-order valence-corrected chi connectivity index (χ0v) is 17.5. The standard InChI is InChI=1S/C20H27N3O5S/c1-26-13-18(24)22-7-4-21(5-8-22)6-9-23-19(25)14-29-20(23)15-2-3-16-17(12-15)28-11-10-27-16/h2-3,12,20H,4-11,13-14H2,1H3/t20-/m0/s1. The third-order valence-corrected chi connectivity index (χ3v) is 6.73. The maximum Gasteiger partial charge on any atom is 0.248 e. The van der Waals surface area contributed by atoms with Crippen LogP contribution in [0.3, 0.4) is 0 Å². The SMILES string of the molecule is COCC(=O)N1CCN(CCN2C(=O)CS[C@H]2c2ccc3c(c2)OCCO3)CC1. The van der Waals surface area contributed by atoms with Crippen molar-refractivity contribution in [1.82, 2.24) is 14.7 Å². The molecular formula is C20H27N3O5S. The van der Waals surface area contributed by atoms with E-state index in [0.717, 1.165) is 36.7 Å². The monoisotopic (exact) mass is 421 g/mol. The summed E-state index contributed by atoms with van der Waals surface area (Å²) >= 11 is 1.65. The highest BCUT2D eigenvalue weighted by molar-refractivity contribution is 8.00. The molecule has 1 aromatic carbocycles. The first kappa shape index (κ1) is 20.3. The topological polar surface area (TPSA) is 71.6 Å². The molecule has 0 aromatic heterocycles. The van der Waals surface area contributed by atoms with Crippen LogP contribution < -0.4 is 9.47 Å². The van der Waals surface area contributed by atoms with E-state index < -0.39 is 0 Å². The lowest BCUT2D eigenvalue weighted by Gasteiger charge is -2.36. The molecule has 29 heavy (non-hydrogen) atoms. The quantitative estimate of drug-likeness (QED) is 0.674. The fraction of sp³-hybridized carbons (Fsp3) is 0.600. The van der Waals surface area contributed by atoms with Crippen molar-refractivity contribution in [2.75, 3.05) is 72.0 Å². The van der Waals surface area contributed by atoms with Crippen molar-refractivity contribution in [3.05, 3.63) is 23.8 Å². The number of benzene rings is 1. The maximum atomic E-state index is 12.5. The van der Waals surface area contributed by atoms with E-state index in [-0.39, 0.29) is 23.8 Å². The van der Waals surface area contributed by atoms with Gasteiger partial charge in [0.15, 0.2) is 11.5 Å². The summed E-state index contributed by atoms with van der Waals surface area (Å²) in [5, 5.41) is 0.00268. The van der Waals surface area contributed by atoms with Crippen LogP contribution >= 0.6 is 11.8 Å². The number of methoxy groups -OCH3 is 1. The van der Waals surface area contributed by atoms with Gasteiger partial charge in [-0.05, 0) is 17.7 Å². The minimum Gasteiger partial charge on any atom is -0.486 e. The number of thioether (sulfide) groups is 1. The van der Waals surface area contributed by atoms with E-state index in [1.165, 1.54) is 7.11 Å². The maximum absolute atomic E-state index is 12.5. The van der Waals surface area contributed by atoms with Gasteiger partial charge in [-0.15, -0.1) is 11.8 Å². The molecule has 1 atom stereocenters. The molecule has 0 aliphatic carbocycles. The number of carbonyl (C=O) groups excluding carboxylic acids is 2. The van der Waals surface area contributed by atoms with Crippen molar-refractivity contribution < 1.29 is 23.8 Å². The fourth-order valence-electron chi connectivity index (χ4n) is 3.87. The minimum atomic E-state index is 0.00268. The summed E-state index contributed by atoms with van der Waals surface area (Å²) in [6.45, 7) is 5.79. The summed E-state index contributed by atoms with van der Waals surface area (Å²) < 4.78 is 16.2. The number of piperazine rings is 1. The first-order chi connectivity index (χ1) is 14.2. The van der Waals surface area contributed by atoms with Gasteiger partial charge in [-0.1, -0.05) is 6.07 Å². The van der Waals surface area contributed by atoms with Crippen LogP contribution in [0.2, 0.25) is 0 Å². The lowest BCUT2D eigenvalue weighted by molar-refractivity contribution is -0.136. The number of carbonyl (C=O) groups is 2. The Morgan fingerprint density at radius 1 is 1.14 bits per heavy atom. The molecule has 0 N–H and O–H groups in total. The van der Waals surface area contributed by atoms with Gasteiger partial charge in [-0.3, -0.25) is 14.5 Å². The summed E-state index contributed by atoms with van der Waals surface area (Å²) in [5.74, 6) is 2.23. The normalized spacial score (nSPS) is 22.2. The first-order valence-corrected chi connectivity index (χ1v) is 11.0. The summed E-state index contributed by atoms with van der Waals surface area (Å²) in [6.07, 6.45) is 0. The molecule has 1 aromatic rings. The van der Waals surface area contributed by atoms with Crippen molar-refractivity contribution in [2.45, 2.75) is 5.37 Å². The van der Waals surface area contributed by atoms with Crippen molar-refractivity contribution in [3.8, 4) is 11.5 Å². The molecule has 3 heterocycles. The Morgan fingerprint density at radius 2 is 1.90 bits per heavy atom. The Balaban J connectivity index is 1.33. The van der Waals surface area contributed by atoms with Crippen molar-refractivity contribution in [2.24, 2.45) is 0 Å². The molecule has 3 aliphatic rings. The molecular weight excluding hydrogens is 394 g/mol. The van der Waals surface area contributed by atoms with Crippen LogP contribution in [0, 0.1) is 0 Å². The number of hydrogen-bond acceptors (Lipinski definition) is 7. The Bertz CT molecular complexity index is 754. The van der Waals surface area contributed by atoms with Gasteiger partial charge in [-0.2, -0.15) is 0 Å². The van der Waals surface area contributed by atoms with Gasteiger partial charge in [0.2, 0.25) is 11.8 Å². The molecule has 9 heteroatoms. The Morgan fingerprint density at radius 3 is 2.66 bits per heavy atom. The van der Waals surface area contributed by atoms with Gasteiger partial charge in [-0.25, -0.2) is 0 Å². The van der Waals surface area contributed by atoms with Crippen molar-refractivity contribution >= 4 is 23.6 Å². The van der Waals surface area contributed by atoms with Crippen LogP contribution in [-0.2, 0) is 14.3 Å². The molecule has 2 fully saturated rings. The molecule has 3 aliphatic heterocycles. The molecule has 8 nitrogen and oxygen atoms in total.